The van der Waals surface area contributed by atoms with Crippen LogP contribution in [-0.2, 0) is 4.74 Å². The van der Waals surface area contributed by atoms with Gasteiger partial charge in [0, 0.05) is 17.3 Å². The van der Waals surface area contributed by atoms with Crippen molar-refractivity contribution in [3.63, 3.8) is 0 Å². The van der Waals surface area contributed by atoms with E-state index in [4.69, 9.17) is 4.74 Å². The van der Waals surface area contributed by atoms with Gasteiger partial charge in [0.15, 0.2) is 0 Å². The average molecular weight is 363 g/mol. The third-order valence-electron chi connectivity index (χ3n) is 4.19. The minimum Gasteiger partial charge on any atom is -0.545 e. The van der Waals surface area contributed by atoms with E-state index in [1.54, 1.807) is 19.1 Å². The Bertz CT molecular complexity index is 1030. The van der Waals surface area contributed by atoms with Crippen LogP contribution >= 0.6 is 0 Å². The van der Waals surface area contributed by atoms with Crippen LogP contribution in [0.15, 0.2) is 42.6 Å². The number of fused-ring (bicyclic) bond motifs is 1. The smallest absolute Gasteiger partial charge is 0.341 e. The number of nitrogens with zero attached hydrogens (tertiary/aromatic N) is 1. The van der Waals surface area contributed by atoms with Crippen molar-refractivity contribution >= 4 is 34.2 Å². The van der Waals surface area contributed by atoms with E-state index >= 15 is 0 Å². The molecule has 0 fully saturated rings. The quantitative estimate of drug-likeness (QED) is 0.700. The molecule has 6 nitrogen and oxygen atoms in total. The van der Waals surface area contributed by atoms with Crippen LogP contribution in [0.1, 0.15) is 38.8 Å². The van der Waals surface area contributed by atoms with Crippen LogP contribution in [0, 0.1) is 13.8 Å². The number of hydrogen-bond acceptors (Lipinski definition) is 6. The maximum Gasteiger partial charge on any atom is 0.341 e. The van der Waals surface area contributed by atoms with Crippen LogP contribution in [0.4, 0.5) is 11.4 Å². The first-order valence-corrected chi connectivity index (χ1v) is 8.56. The lowest BCUT2D eigenvalue weighted by atomic mass is 10.0. The predicted octanol–water partition coefficient (Wildman–Crippen LogP) is 3.14. The Labute approximate surface area is 156 Å². The fraction of sp³-hybridized carbons (Fsp3) is 0.190. The lowest BCUT2D eigenvalue weighted by Gasteiger charge is -2.16. The Morgan fingerprint density at radius 3 is 2.48 bits per heavy atom. The highest BCUT2D eigenvalue weighted by Gasteiger charge is 2.18. The van der Waals surface area contributed by atoms with E-state index in [0.29, 0.717) is 16.9 Å². The zero-order valence-electron chi connectivity index (χ0n) is 15.3. The number of esters is 1. The number of carboxylic acid groups (broad SMARTS) is 1. The fourth-order valence-corrected chi connectivity index (χ4v) is 2.99. The number of aryl methyl sites for hydroxylation is 2. The molecule has 0 saturated carbocycles. The highest BCUT2D eigenvalue weighted by atomic mass is 16.5. The Hall–Kier alpha value is -3.41. The van der Waals surface area contributed by atoms with Crippen molar-refractivity contribution in [2.75, 3.05) is 11.9 Å². The summed E-state index contributed by atoms with van der Waals surface area (Å²) in [5, 5.41) is 14.9. The molecule has 0 saturated heterocycles. The number of aromatic carboxylic acids is 1. The molecular weight excluding hydrogens is 344 g/mol. The van der Waals surface area contributed by atoms with E-state index in [0.717, 1.165) is 22.0 Å². The van der Waals surface area contributed by atoms with Gasteiger partial charge in [-0.05, 0) is 50.1 Å². The zero-order chi connectivity index (χ0) is 19.6. The normalized spacial score (nSPS) is 10.6. The Morgan fingerprint density at radius 1 is 1.15 bits per heavy atom. The van der Waals surface area contributed by atoms with Gasteiger partial charge in [-0.15, -0.1) is 0 Å². The second-order valence-corrected chi connectivity index (χ2v) is 6.24. The average Bonchev–Trinajstić information content (AvgIpc) is 2.62. The van der Waals surface area contributed by atoms with Gasteiger partial charge in [0.2, 0.25) is 0 Å². The third-order valence-corrected chi connectivity index (χ3v) is 4.19. The molecule has 138 valence electrons. The Morgan fingerprint density at radius 2 is 1.85 bits per heavy atom. The first kappa shape index (κ1) is 18.4. The molecule has 0 bridgehead atoms. The molecule has 1 aromatic heterocycles. The summed E-state index contributed by atoms with van der Waals surface area (Å²) in [4.78, 5) is 27.8. The van der Waals surface area contributed by atoms with E-state index in [1.807, 2.05) is 26.0 Å². The van der Waals surface area contributed by atoms with Gasteiger partial charge in [-0.25, -0.2) is 4.79 Å². The molecule has 27 heavy (non-hydrogen) atoms. The minimum absolute atomic E-state index is 0.0810. The molecule has 6 heteroatoms. The predicted molar refractivity (Wildman–Crippen MR) is 101 cm³/mol. The molecule has 0 amide bonds. The SMILES string of the molecule is CCOC(=O)c1cnc2c(C)cc(C)cc2c1Nc1ccc(C(=O)[O-])cc1. The molecule has 0 spiro atoms. The standard InChI is InChI=1S/C21H20N2O4/c1-4-27-21(26)17-11-22-18-13(3)9-12(2)10-16(18)19(17)23-15-7-5-14(6-8-15)20(24)25/h5-11H,4H2,1-3H3,(H,22,23)(H,24,25)/p-1. The summed E-state index contributed by atoms with van der Waals surface area (Å²) in [6.45, 7) is 5.93. The number of hydrogen-bond donors (Lipinski definition) is 1. The fourth-order valence-electron chi connectivity index (χ4n) is 2.99. The summed E-state index contributed by atoms with van der Waals surface area (Å²) in [6, 6.07) is 10.1. The van der Waals surface area contributed by atoms with Crippen LogP contribution in [0.5, 0.6) is 0 Å². The molecule has 1 N–H and O–H groups in total. The third kappa shape index (κ3) is 3.74. The van der Waals surface area contributed by atoms with Gasteiger partial charge in [0.25, 0.3) is 0 Å². The van der Waals surface area contributed by atoms with Crippen molar-refractivity contribution in [1.82, 2.24) is 4.98 Å². The number of carboxylic acids is 1. The van der Waals surface area contributed by atoms with Crippen molar-refractivity contribution in [1.29, 1.82) is 0 Å². The second-order valence-electron chi connectivity index (χ2n) is 6.24. The second kappa shape index (κ2) is 7.45. The molecule has 1 heterocycles. The maximum atomic E-state index is 12.4. The molecule has 0 radical (unpaired) electrons. The van der Waals surface area contributed by atoms with Gasteiger partial charge in [0.05, 0.1) is 23.8 Å². The highest BCUT2D eigenvalue weighted by Crippen LogP contribution is 2.32. The molecular formula is C21H19N2O4-. The lowest BCUT2D eigenvalue weighted by Crippen LogP contribution is -2.21. The van der Waals surface area contributed by atoms with Crippen LogP contribution < -0.4 is 10.4 Å². The number of benzene rings is 2. The van der Waals surface area contributed by atoms with E-state index in [-0.39, 0.29) is 12.2 Å². The van der Waals surface area contributed by atoms with E-state index in [9.17, 15) is 14.7 Å². The van der Waals surface area contributed by atoms with Crippen LogP contribution in [0.2, 0.25) is 0 Å². The van der Waals surface area contributed by atoms with Crippen LogP contribution in [0.25, 0.3) is 10.9 Å². The molecule has 3 rings (SSSR count). The first-order valence-electron chi connectivity index (χ1n) is 8.56. The van der Waals surface area contributed by atoms with Crippen molar-refractivity contribution in [3.8, 4) is 0 Å². The topological polar surface area (TPSA) is 91.3 Å². The number of aromatic nitrogens is 1. The molecule has 0 aliphatic rings. The van der Waals surface area contributed by atoms with Crippen molar-refractivity contribution in [2.24, 2.45) is 0 Å². The molecule has 3 aromatic rings. The number of anilines is 2. The summed E-state index contributed by atoms with van der Waals surface area (Å²) in [5.74, 6) is -1.71. The minimum atomic E-state index is -1.24. The number of ether oxygens (including phenoxy) is 1. The lowest BCUT2D eigenvalue weighted by molar-refractivity contribution is -0.255. The molecule has 2 aromatic carbocycles. The van der Waals surface area contributed by atoms with Gasteiger partial charge in [-0.2, -0.15) is 0 Å². The van der Waals surface area contributed by atoms with Crippen molar-refractivity contribution in [2.45, 2.75) is 20.8 Å². The van der Waals surface area contributed by atoms with Crippen molar-refractivity contribution in [3.05, 3.63) is 64.8 Å². The van der Waals surface area contributed by atoms with Gasteiger partial charge >= 0.3 is 5.97 Å². The van der Waals surface area contributed by atoms with E-state index < -0.39 is 11.9 Å². The van der Waals surface area contributed by atoms with E-state index in [1.165, 1.54) is 18.3 Å². The number of pyridine rings is 1. The zero-order valence-corrected chi connectivity index (χ0v) is 15.3. The molecule has 0 unspecified atom stereocenters. The van der Waals surface area contributed by atoms with Crippen molar-refractivity contribution < 1.29 is 19.4 Å². The first-order chi connectivity index (χ1) is 12.9. The number of carbonyl (C=O) groups is 2. The molecule has 0 atom stereocenters. The number of nitrogens with one attached hydrogen (secondary N) is 1. The monoisotopic (exact) mass is 363 g/mol. The Balaban J connectivity index is 2.16. The summed E-state index contributed by atoms with van der Waals surface area (Å²) in [6.07, 6.45) is 1.50. The summed E-state index contributed by atoms with van der Waals surface area (Å²) >= 11 is 0. The van der Waals surface area contributed by atoms with Gasteiger partial charge < -0.3 is 20.0 Å². The van der Waals surface area contributed by atoms with Crippen LogP contribution in [0.3, 0.4) is 0 Å². The molecule has 0 aliphatic heterocycles. The summed E-state index contributed by atoms with van der Waals surface area (Å²) in [5.41, 5.74) is 4.43. The Kier molecular flexibility index (Phi) is 5.07. The van der Waals surface area contributed by atoms with Crippen LogP contribution in [-0.4, -0.2) is 23.5 Å². The highest BCUT2D eigenvalue weighted by molar-refractivity contribution is 6.06. The largest absolute Gasteiger partial charge is 0.545 e. The van der Waals surface area contributed by atoms with Gasteiger partial charge in [-0.3, -0.25) is 4.98 Å². The van der Waals surface area contributed by atoms with Gasteiger partial charge in [0.1, 0.15) is 5.56 Å². The maximum absolute atomic E-state index is 12.4. The number of carbonyl (C=O) groups excluding carboxylic acids is 2. The molecule has 0 aliphatic carbocycles. The van der Waals surface area contributed by atoms with E-state index in [2.05, 4.69) is 10.3 Å². The summed E-state index contributed by atoms with van der Waals surface area (Å²) in [7, 11) is 0. The number of rotatable bonds is 5. The summed E-state index contributed by atoms with van der Waals surface area (Å²) < 4.78 is 5.16. The van der Waals surface area contributed by atoms with Gasteiger partial charge in [-0.1, -0.05) is 23.8 Å².